The number of hydrogen-bond acceptors (Lipinski definition) is 7. The fourth-order valence-electron chi connectivity index (χ4n) is 2.64. The van der Waals surface area contributed by atoms with Gasteiger partial charge in [0.05, 0.1) is 24.1 Å². The summed E-state index contributed by atoms with van der Waals surface area (Å²) >= 11 is 7.10. The van der Waals surface area contributed by atoms with Gasteiger partial charge in [-0.1, -0.05) is 11.6 Å². The molecule has 0 unspecified atom stereocenters. The predicted molar refractivity (Wildman–Crippen MR) is 117 cm³/mol. The van der Waals surface area contributed by atoms with E-state index >= 15 is 0 Å². The summed E-state index contributed by atoms with van der Waals surface area (Å²) in [5.74, 6) is -1.09. The van der Waals surface area contributed by atoms with Gasteiger partial charge in [0.2, 0.25) is 0 Å². The molecule has 2 amide bonds. The number of thiophene rings is 1. The number of amides is 2. The molecule has 0 fully saturated rings. The Bertz CT molecular complexity index is 1120. The van der Waals surface area contributed by atoms with Crippen LogP contribution in [0, 0.1) is 13.8 Å². The molecule has 0 radical (unpaired) electrons. The molecule has 0 saturated carbocycles. The lowest BCUT2D eigenvalue weighted by atomic mass is 10.2. The van der Waals surface area contributed by atoms with Gasteiger partial charge in [0.15, 0.2) is 12.4 Å². The Morgan fingerprint density at radius 1 is 1.13 bits per heavy atom. The number of furan rings is 1. The molecule has 0 saturated heterocycles. The minimum atomic E-state index is -0.671. The van der Waals surface area contributed by atoms with E-state index in [1.54, 1.807) is 38.1 Å². The van der Waals surface area contributed by atoms with Crippen LogP contribution in [0.3, 0.4) is 0 Å². The first-order valence-electron chi connectivity index (χ1n) is 9.05. The highest BCUT2D eigenvalue weighted by Crippen LogP contribution is 2.31. The highest BCUT2D eigenvalue weighted by atomic mass is 35.5. The van der Waals surface area contributed by atoms with Crippen LogP contribution in [0.4, 0.5) is 10.7 Å². The Morgan fingerprint density at radius 2 is 1.90 bits per heavy atom. The van der Waals surface area contributed by atoms with E-state index < -0.39 is 24.4 Å². The van der Waals surface area contributed by atoms with Crippen molar-refractivity contribution in [2.24, 2.45) is 0 Å². The van der Waals surface area contributed by atoms with E-state index in [4.69, 9.17) is 25.5 Å². The fraction of sp³-hybridized carbons (Fsp3) is 0.190. The molecule has 0 aliphatic carbocycles. The van der Waals surface area contributed by atoms with Crippen molar-refractivity contribution in [3.05, 3.63) is 63.4 Å². The van der Waals surface area contributed by atoms with Gasteiger partial charge in [0.25, 0.3) is 11.8 Å². The summed E-state index contributed by atoms with van der Waals surface area (Å²) in [4.78, 5) is 37.0. The molecule has 3 aromatic rings. The monoisotopic (exact) mass is 462 g/mol. The van der Waals surface area contributed by atoms with Crippen molar-refractivity contribution in [2.75, 3.05) is 24.4 Å². The van der Waals surface area contributed by atoms with Crippen LogP contribution < -0.4 is 15.4 Å². The molecular weight excluding hydrogens is 444 g/mol. The lowest BCUT2D eigenvalue weighted by molar-refractivity contribution is -0.119. The Balaban J connectivity index is 1.59. The maximum atomic E-state index is 12.4. The van der Waals surface area contributed by atoms with Crippen molar-refractivity contribution in [3.8, 4) is 5.75 Å². The van der Waals surface area contributed by atoms with E-state index in [1.807, 2.05) is 0 Å². The Kier molecular flexibility index (Phi) is 6.98. The molecule has 0 atom stereocenters. The molecule has 0 bridgehead atoms. The largest absolute Gasteiger partial charge is 0.495 e. The summed E-state index contributed by atoms with van der Waals surface area (Å²) in [5, 5.41) is 6.25. The van der Waals surface area contributed by atoms with E-state index in [9.17, 15) is 14.4 Å². The van der Waals surface area contributed by atoms with E-state index in [2.05, 4.69) is 10.6 Å². The third-order valence-electron chi connectivity index (χ3n) is 4.17. The molecule has 0 aliphatic rings. The number of nitrogens with one attached hydrogen (secondary N) is 2. The lowest BCUT2D eigenvalue weighted by Crippen LogP contribution is -2.21. The molecule has 10 heteroatoms. The van der Waals surface area contributed by atoms with Crippen molar-refractivity contribution >= 4 is 51.4 Å². The molecule has 3 rings (SSSR count). The van der Waals surface area contributed by atoms with Gasteiger partial charge in [-0.3, -0.25) is 9.59 Å². The van der Waals surface area contributed by atoms with E-state index in [1.165, 1.54) is 19.4 Å². The number of aryl methyl sites for hydroxylation is 2. The van der Waals surface area contributed by atoms with Gasteiger partial charge < -0.3 is 24.5 Å². The zero-order valence-corrected chi connectivity index (χ0v) is 18.5. The third-order valence-corrected chi connectivity index (χ3v) is 5.71. The number of rotatable bonds is 7. The highest BCUT2D eigenvalue weighted by Gasteiger charge is 2.19. The van der Waals surface area contributed by atoms with Crippen molar-refractivity contribution in [1.82, 2.24) is 0 Å². The molecule has 8 nitrogen and oxygen atoms in total. The minimum Gasteiger partial charge on any atom is -0.495 e. The predicted octanol–water partition coefficient (Wildman–Crippen LogP) is 4.67. The number of methoxy groups -OCH3 is 1. The van der Waals surface area contributed by atoms with Crippen LogP contribution in [-0.2, 0) is 9.53 Å². The van der Waals surface area contributed by atoms with Gasteiger partial charge in [-0.15, -0.1) is 11.3 Å². The van der Waals surface area contributed by atoms with Gasteiger partial charge in [0.1, 0.15) is 10.6 Å². The Hall–Kier alpha value is -3.30. The summed E-state index contributed by atoms with van der Waals surface area (Å²) in [7, 11) is 1.46. The number of ether oxygens (including phenoxy) is 2. The van der Waals surface area contributed by atoms with E-state index in [0.29, 0.717) is 27.0 Å². The van der Waals surface area contributed by atoms with Crippen molar-refractivity contribution in [1.29, 1.82) is 0 Å². The van der Waals surface area contributed by atoms with Crippen LogP contribution in [-0.4, -0.2) is 31.5 Å². The number of carbonyl (C=O) groups excluding carboxylic acids is 3. The second-order valence-corrected chi connectivity index (χ2v) is 7.94. The van der Waals surface area contributed by atoms with Gasteiger partial charge in [0, 0.05) is 11.1 Å². The smallest absolute Gasteiger partial charge is 0.349 e. The summed E-state index contributed by atoms with van der Waals surface area (Å²) < 4.78 is 15.4. The molecule has 162 valence electrons. The second kappa shape index (κ2) is 9.67. The number of halogens is 1. The molecule has 2 heterocycles. The van der Waals surface area contributed by atoms with Crippen molar-refractivity contribution in [3.63, 3.8) is 0 Å². The fourth-order valence-corrected chi connectivity index (χ4v) is 3.76. The molecule has 0 spiro atoms. The second-order valence-electron chi connectivity index (χ2n) is 6.48. The quantitative estimate of drug-likeness (QED) is 0.494. The Labute approximate surface area is 187 Å². The minimum absolute atomic E-state index is 0.153. The molecule has 1 aromatic carbocycles. The summed E-state index contributed by atoms with van der Waals surface area (Å²) in [5.41, 5.74) is 1.79. The van der Waals surface area contributed by atoms with E-state index in [-0.39, 0.29) is 10.6 Å². The van der Waals surface area contributed by atoms with Gasteiger partial charge in [-0.05, 0) is 49.2 Å². The zero-order valence-electron chi connectivity index (χ0n) is 16.9. The maximum absolute atomic E-state index is 12.4. The Morgan fingerprint density at radius 3 is 2.58 bits per heavy atom. The van der Waals surface area contributed by atoms with Gasteiger partial charge >= 0.3 is 5.97 Å². The average Bonchev–Trinajstić information content (AvgIpc) is 3.38. The van der Waals surface area contributed by atoms with Crippen LogP contribution >= 0.6 is 22.9 Å². The molecular formula is C21H19ClN2O6S. The summed E-state index contributed by atoms with van der Waals surface area (Å²) in [6, 6.07) is 8.03. The maximum Gasteiger partial charge on any atom is 0.349 e. The molecule has 0 aliphatic heterocycles. The highest BCUT2D eigenvalue weighted by molar-refractivity contribution is 7.18. The molecule has 2 aromatic heterocycles. The lowest BCUT2D eigenvalue weighted by Gasteiger charge is -2.12. The average molecular weight is 463 g/mol. The normalized spacial score (nSPS) is 10.5. The number of carbonyl (C=O) groups is 3. The van der Waals surface area contributed by atoms with Crippen LogP contribution in [0.1, 0.15) is 31.4 Å². The van der Waals surface area contributed by atoms with Crippen LogP contribution in [0.5, 0.6) is 5.75 Å². The topological polar surface area (TPSA) is 107 Å². The summed E-state index contributed by atoms with van der Waals surface area (Å²) in [6.07, 6.45) is 1.39. The summed E-state index contributed by atoms with van der Waals surface area (Å²) in [6.45, 7) is 3.01. The SMILES string of the molecule is COc1cc(Cl)c(C)cc1NC(=O)COC(=O)c1sc(NC(=O)c2ccco2)cc1C. The third kappa shape index (κ3) is 5.44. The molecule has 31 heavy (non-hydrogen) atoms. The first kappa shape index (κ1) is 22.4. The first-order valence-corrected chi connectivity index (χ1v) is 10.2. The first-order chi connectivity index (χ1) is 14.8. The number of hydrogen-bond donors (Lipinski definition) is 2. The van der Waals surface area contributed by atoms with Crippen LogP contribution in [0.25, 0.3) is 0 Å². The number of benzene rings is 1. The van der Waals surface area contributed by atoms with Crippen LogP contribution in [0.15, 0.2) is 41.0 Å². The van der Waals surface area contributed by atoms with Crippen molar-refractivity contribution in [2.45, 2.75) is 13.8 Å². The van der Waals surface area contributed by atoms with Crippen molar-refractivity contribution < 1.29 is 28.3 Å². The molecule has 2 N–H and O–H groups in total. The standard InChI is InChI=1S/C21H19ClN2O6S/c1-11-7-14(16(28-3)9-13(11)22)23-17(25)10-30-21(27)19-12(2)8-18(31-19)24-20(26)15-5-4-6-29-15/h4-9H,10H2,1-3H3,(H,23,25)(H,24,26). The van der Waals surface area contributed by atoms with Crippen LogP contribution in [0.2, 0.25) is 5.02 Å². The number of esters is 1. The van der Waals surface area contributed by atoms with Gasteiger partial charge in [-0.25, -0.2) is 4.79 Å². The number of anilines is 2. The zero-order chi connectivity index (χ0) is 22.5. The van der Waals surface area contributed by atoms with Gasteiger partial charge in [-0.2, -0.15) is 0 Å². The van der Waals surface area contributed by atoms with E-state index in [0.717, 1.165) is 16.9 Å².